The second-order valence-electron chi connectivity index (χ2n) is 9.68. The van der Waals surface area contributed by atoms with E-state index in [-0.39, 0.29) is 22.9 Å². The van der Waals surface area contributed by atoms with E-state index >= 15 is 0 Å². The molecule has 1 fully saturated rings. The number of aromatic nitrogens is 2. The number of nitrogens with one attached hydrogen (secondary N) is 1. The monoisotopic (exact) mass is 620 g/mol. The molecule has 0 saturated carbocycles. The second kappa shape index (κ2) is 14.3. The van der Waals surface area contributed by atoms with E-state index in [1.807, 2.05) is 0 Å². The van der Waals surface area contributed by atoms with E-state index < -0.39 is 17.2 Å². The summed E-state index contributed by atoms with van der Waals surface area (Å²) in [5, 5.41) is 11.2. The van der Waals surface area contributed by atoms with Crippen molar-refractivity contribution in [3.05, 3.63) is 77.3 Å². The van der Waals surface area contributed by atoms with Gasteiger partial charge in [-0.15, -0.1) is 0 Å². The zero-order chi connectivity index (χ0) is 30.2. The molecule has 222 valence electrons. The highest BCUT2D eigenvalue weighted by atomic mass is 35.5. The molecular formula is C29H29ClN8O4S. The molecule has 4 aromatic rings. The Morgan fingerprint density at radius 2 is 1.86 bits per heavy atom. The summed E-state index contributed by atoms with van der Waals surface area (Å²) in [6.07, 6.45) is 3.61. The molecule has 5 rings (SSSR count). The van der Waals surface area contributed by atoms with Gasteiger partial charge in [0.1, 0.15) is 17.4 Å². The first-order valence-electron chi connectivity index (χ1n) is 13.6. The molecule has 1 saturated heterocycles. The maximum atomic E-state index is 12.8. The number of nitrogens with zero attached hydrogens (tertiary/aromatic N) is 7. The van der Waals surface area contributed by atoms with Crippen LogP contribution in [0.25, 0.3) is 11.0 Å². The van der Waals surface area contributed by atoms with E-state index in [2.05, 4.69) is 35.3 Å². The number of hydrogen-bond donors (Lipinski definition) is 1. The average molecular weight is 621 g/mol. The highest BCUT2D eigenvalue weighted by molar-refractivity contribution is 7.81. The van der Waals surface area contributed by atoms with Crippen molar-refractivity contribution >= 4 is 62.8 Å². The number of para-hydroxylation sites is 2. The summed E-state index contributed by atoms with van der Waals surface area (Å²) in [7, 11) is 1.52. The van der Waals surface area contributed by atoms with Crippen molar-refractivity contribution in [3.63, 3.8) is 0 Å². The van der Waals surface area contributed by atoms with Gasteiger partial charge in [0.25, 0.3) is 0 Å². The van der Waals surface area contributed by atoms with Crippen LogP contribution in [0.1, 0.15) is 29.6 Å². The number of piperidine rings is 1. The number of benzene rings is 3. The van der Waals surface area contributed by atoms with E-state index in [1.54, 1.807) is 48.5 Å². The minimum atomic E-state index is -2.87. The Labute approximate surface area is 255 Å². The van der Waals surface area contributed by atoms with Crippen molar-refractivity contribution in [1.82, 2.24) is 19.8 Å². The van der Waals surface area contributed by atoms with Gasteiger partial charge in [-0.1, -0.05) is 36.2 Å². The lowest BCUT2D eigenvalue weighted by molar-refractivity contribution is 0.0992. The van der Waals surface area contributed by atoms with Crippen LogP contribution in [0.15, 0.2) is 77.0 Å². The number of carbonyl (C=O) groups excluding carboxylic acids is 1. The number of likely N-dealkylation sites (tertiary alicyclic amines) is 1. The minimum absolute atomic E-state index is 0.0372. The summed E-state index contributed by atoms with van der Waals surface area (Å²) < 4.78 is 31.6. The first kappa shape index (κ1) is 30.2. The van der Waals surface area contributed by atoms with Crippen molar-refractivity contribution < 1.29 is 18.3 Å². The van der Waals surface area contributed by atoms with Crippen LogP contribution in [-0.4, -0.2) is 62.8 Å². The van der Waals surface area contributed by atoms with Gasteiger partial charge in [-0.25, -0.2) is 9.97 Å². The van der Waals surface area contributed by atoms with Crippen LogP contribution in [0.2, 0.25) is 5.02 Å². The van der Waals surface area contributed by atoms with Crippen LogP contribution in [0.4, 0.5) is 23.0 Å². The lowest BCUT2D eigenvalue weighted by Crippen LogP contribution is -2.31. The smallest absolute Gasteiger partial charge is 0.360 e. The Morgan fingerprint density at radius 3 is 2.60 bits per heavy atom. The molecule has 1 aliphatic rings. The molecule has 14 heteroatoms. The number of amides is 1. The van der Waals surface area contributed by atoms with E-state index in [9.17, 15) is 13.6 Å². The van der Waals surface area contributed by atoms with Gasteiger partial charge in [-0.3, -0.25) is 13.3 Å². The van der Waals surface area contributed by atoms with Gasteiger partial charge < -0.3 is 19.5 Å². The van der Waals surface area contributed by atoms with Crippen molar-refractivity contribution in [1.29, 1.82) is 0 Å². The summed E-state index contributed by atoms with van der Waals surface area (Å²) in [6.45, 7) is 3.29. The Bertz CT molecular complexity index is 1710. The molecule has 0 spiro atoms. The fraction of sp³-hybridized carbons (Fsp3) is 0.276. The number of hydrogen-bond acceptors (Lipinski definition) is 9. The standard InChI is InChI=1S/C29H29ClN8O4S/c1-42-22-12-13-23(30)26(19-22)33-27-28(34-25-11-4-3-10-24(25)32-27)38(43(40)41)21-9-7-8-20(18-21)29(39)35-36-31-14-17-37-15-5-2-6-16-37/h3-4,7-13,18-19H,2,5-6,14-17H2,1H3,(H-,32,33,40,41). The van der Waals surface area contributed by atoms with Crippen molar-refractivity contribution in [2.24, 2.45) is 10.2 Å². The predicted octanol–water partition coefficient (Wildman–Crippen LogP) is 5.57. The minimum Gasteiger partial charge on any atom is -0.755 e. The van der Waals surface area contributed by atoms with Crippen LogP contribution < -0.4 is 19.3 Å². The summed E-state index contributed by atoms with van der Waals surface area (Å²) in [4.78, 5) is 28.1. The fourth-order valence-corrected chi connectivity index (χ4v) is 5.38. The van der Waals surface area contributed by atoms with Crippen LogP contribution in [0, 0.1) is 0 Å². The summed E-state index contributed by atoms with van der Waals surface area (Å²) >= 11 is 3.56. The number of carbonyl (C=O) groups is 1. The number of rotatable bonds is 10. The molecule has 1 aromatic heterocycles. The number of methoxy groups -OCH3 is 1. The highest BCUT2D eigenvalue weighted by Gasteiger charge is 2.22. The predicted molar refractivity (Wildman–Crippen MR) is 165 cm³/mol. The van der Waals surface area contributed by atoms with Crippen LogP contribution in [0.5, 0.6) is 5.75 Å². The molecule has 1 N–H and O–H groups in total. The van der Waals surface area contributed by atoms with Crippen LogP contribution >= 0.6 is 11.6 Å². The first-order valence-corrected chi connectivity index (χ1v) is 15.0. The molecule has 1 aliphatic heterocycles. The van der Waals surface area contributed by atoms with E-state index in [0.717, 1.165) is 23.9 Å². The lowest BCUT2D eigenvalue weighted by atomic mass is 10.1. The van der Waals surface area contributed by atoms with E-state index in [1.165, 1.54) is 44.6 Å². The second-order valence-corrected chi connectivity index (χ2v) is 10.9. The largest absolute Gasteiger partial charge is 0.755 e. The van der Waals surface area contributed by atoms with E-state index in [0.29, 0.717) is 34.0 Å². The molecule has 1 atom stereocenters. The SMILES string of the molecule is COc1ccc(Cl)c(Nc2nc3ccccc3nc2N(c2cccc(C(=O)N=[N+]=NCCN3CCCCC3)c2)S(=O)[O-])c1. The number of ether oxygens (including phenoxy) is 1. The van der Waals surface area contributed by atoms with Gasteiger partial charge >= 0.3 is 5.91 Å². The van der Waals surface area contributed by atoms with Gasteiger partial charge in [0, 0.05) is 12.6 Å². The van der Waals surface area contributed by atoms with Crippen LogP contribution in [0.3, 0.4) is 0 Å². The Morgan fingerprint density at radius 1 is 1.09 bits per heavy atom. The Hall–Kier alpha value is -4.26. The number of fused-ring (bicyclic) bond motifs is 1. The van der Waals surface area contributed by atoms with Gasteiger partial charge in [0.05, 0.1) is 51.4 Å². The zero-order valence-electron chi connectivity index (χ0n) is 23.4. The molecule has 1 unspecified atom stereocenters. The zero-order valence-corrected chi connectivity index (χ0v) is 24.9. The van der Waals surface area contributed by atoms with Crippen molar-refractivity contribution in [2.45, 2.75) is 19.3 Å². The highest BCUT2D eigenvalue weighted by Crippen LogP contribution is 2.36. The summed E-state index contributed by atoms with van der Waals surface area (Å²) in [6, 6.07) is 18.0. The molecule has 43 heavy (non-hydrogen) atoms. The number of anilines is 4. The maximum Gasteiger partial charge on any atom is 0.360 e. The summed E-state index contributed by atoms with van der Waals surface area (Å²) in [5.74, 6) is -0.0526. The molecule has 3 aromatic carbocycles. The van der Waals surface area contributed by atoms with E-state index in [4.69, 9.17) is 16.3 Å². The molecule has 0 aliphatic carbocycles. The third kappa shape index (κ3) is 7.58. The third-order valence-corrected chi connectivity index (χ3v) is 7.82. The lowest BCUT2D eigenvalue weighted by Gasteiger charge is -2.27. The van der Waals surface area contributed by atoms with Gasteiger partial charge in [-0.05, 0) is 68.4 Å². The normalized spacial score (nSPS) is 14.0. The van der Waals surface area contributed by atoms with Crippen molar-refractivity contribution in [2.75, 3.05) is 42.9 Å². The Kier molecular flexibility index (Phi) is 10.0. The Balaban J connectivity index is 1.45. The molecule has 0 bridgehead atoms. The van der Waals surface area contributed by atoms with Gasteiger partial charge in [0.15, 0.2) is 11.6 Å². The topological polar surface area (TPSA) is 150 Å². The fourth-order valence-electron chi connectivity index (χ4n) is 4.66. The average Bonchev–Trinajstić information content (AvgIpc) is 3.02. The third-order valence-electron chi connectivity index (χ3n) is 6.81. The number of halogens is 1. The molecule has 12 nitrogen and oxygen atoms in total. The molecular weight excluding hydrogens is 592 g/mol. The first-order chi connectivity index (χ1) is 20.9. The molecule has 2 heterocycles. The maximum absolute atomic E-state index is 12.8. The van der Waals surface area contributed by atoms with Crippen molar-refractivity contribution in [3.8, 4) is 5.75 Å². The van der Waals surface area contributed by atoms with Gasteiger partial charge in [-0.2, -0.15) is 0 Å². The summed E-state index contributed by atoms with van der Waals surface area (Å²) in [5.41, 5.74) is 1.68. The van der Waals surface area contributed by atoms with Gasteiger partial charge in [0.2, 0.25) is 10.0 Å². The molecule has 1 amide bonds. The van der Waals surface area contributed by atoms with Crippen LogP contribution in [-0.2, 0) is 11.3 Å². The quantitative estimate of drug-likeness (QED) is 0.137. The molecule has 0 radical (unpaired) electrons.